The average molecular weight is 339 g/mol. The van der Waals surface area contributed by atoms with Crippen molar-refractivity contribution in [2.75, 3.05) is 6.61 Å². The first-order valence-electron chi connectivity index (χ1n) is 6.00. The molecule has 102 valence electrons. The maximum Gasteiger partial charge on any atom is 0.197 e. The summed E-state index contributed by atoms with van der Waals surface area (Å²) in [5.74, 6) is -1.51. The van der Waals surface area contributed by atoms with Gasteiger partial charge >= 0.3 is 0 Å². The van der Waals surface area contributed by atoms with E-state index in [-0.39, 0.29) is 5.56 Å². The van der Waals surface area contributed by atoms with Crippen molar-refractivity contribution in [3.05, 3.63) is 63.1 Å². The molecule has 2 nitrogen and oxygen atoms in total. The molecule has 0 N–H and O–H groups in total. The Balaban J connectivity index is 2.11. The third-order valence-electron chi connectivity index (χ3n) is 3.12. The number of hydrogen-bond acceptors (Lipinski definition) is 2. The van der Waals surface area contributed by atoms with Crippen molar-refractivity contribution in [3.8, 4) is 5.75 Å². The van der Waals surface area contributed by atoms with Crippen LogP contribution in [0.4, 0.5) is 8.78 Å². The molecule has 0 saturated carbocycles. The van der Waals surface area contributed by atoms with Crippen molar-refractivity contribution in [3.63, 3.8) is 0 Å². The summed E-state index contributed by atoms with van der Waals surface area (Å²) in [4.78, 5) is 12.4. The Morgan fingerprint density at radius 1 is 1.10 bits per heavy atom. The van der Waals surface area contributed by atoms with E-state index < -0.39 is 17.4 Å². The summed E-state index contributed by atoms with van der Waals surface area (Å²) in [6.07, 6.45) is 0.715. The lowest BCUT2D eigenvalue weighted by Gasteiger charge is -2.08. The van der Waals surface area contributed by atoms with Gasteiger partial charge in [-0.05, 0) is 29.8 Å². The van der Waals surface area contributed by atoms with Gasteiger partial charge in [0.2, 0.25) is 0 Å². The Kier molecular flexibility index (Phi) is 3.30. The van der Waals surface area contributed by atoms with Crippen molar-refractivity contribution in [1.29, 1.82) is 0 Å². The van der Waals surface area contributed by atoms with Crippen molar-refractivity contribution in [2.24, 2.45) is 0 Å². The maximum absolute atomic E-state index is 13.2. The summed E-state index contributed by atoms with van der Waals surface area (Å²) in [6.45, 7) is 0.504. The van der Waals surface area contributed by atoms with Crippen molar-refractivity contribution < 1.29 is 18.3 Å². The predicted octanol–water partition coefficient (Wildman–Crippen LogP) is 3.89. The molecule has 0 bridgehead atoms. The van der Waals surface area contributed by atoms with Crippen molar-refractivity contribution in [1.82, 2.24) is 0 Å². The molecule has 0 atom stereocenters. The van der Waals surface area contributed by atoms with Crippen LogP contribution in [0.5, 0.6) is 5.75 Å². The fourth-order valence-corrected chi connectivity index (χ4v) is 2.78. The molecule has 20 heavy (non-hydrogen) atoms. The Bertz CT molecular complexity index is 693. The number of ether oxygens (including phenoxy) is 1. The lowest BCUT2D eigenvalue weighted by molar-refractivity contribution is 0.103. The molecule has 0 unspecified atom stereocenters. The van der Waals surface area contributed by atoms with Crippen LogP contribution in [0.1, 0.15) is 21.5 Å². The zero-order valence-electron chi connectivity index (χ0n) is 10.3. The minimum atomic E-state index is -0.777. The normalized spacial score (nSPS) is 12.9. The standard InChI is InChI=1S/C15H9BrF2O2/c16-10-3-8-1-2-20-15(8)13(6-10)14(19)9-4-11(17)7-12(18)5-9/h3-7H,1-2H2. The van der Waals surface area contributed by atoms with E-state index in [1.54, 1.807) is 6.07 Å². The molecule has 2 aromatic carbocycles. The second-order valence-corrected chi connectivity index (χ2v) is 5.44. The monoisotopic (exact) mass is 338 g/mol. The molecule has 5 heteroatoms. The summed E-state index contributed by atoms with van der Waals surface area (Å²) >= 11 is 3.33. The van der Waals surface area contributed by atoms with Gasteiger partial charge in [0.15, 0.2) is 5.78 Å². The molecule has 0 fully saturated rings. The Labute approximate surface area is 122 Å². The smallest absolute Gasteiger partial charge is 0.197 e. The van der Waals surface area contributed by atoms with Crippen LogP contribution >= 0.6 is 15.9 Å². The van der Waals surface area contributed by atoms with Crippen LogP contribution in [0.3, 0.4) is 0 Å². The first kappa shape index (κ1) is 13.2. The third kappa shape index (κ3) is 2.33. The highest BCUT2D eigenvalue weighted by Gasteiger charge is 2.23. The van der Waals surface area contributed by atoms with E-state index in [4.69, 9.17) is 4.74 Å². The van der Waals surface area contributed by atoms with Crippen LogP contribution in [-0.2, 0) is 6.42 Å². The molecule has 0 aromatic heterocycles. The van der Waals surface area contributed by atoms with Crippen LogP contribution in [0.15, 0.2) is 34.8 Å². The highest BCUT2D eigenvalue weighted by molar-refractivity contribution is 9.10. The Morgan fingerprint density at radius 2 is 1.80 bits per heavy atom. The number of benzene rings is 2. The van der Waals surface area contributed by atoms with E-state index in [2.05, 4.69) is 15.9 Å². The quantitative estimate of drug-likeness (QED) is 0.776. The summed E-state index contributed by atoms with van der Waals surface area (Å²) in [6, 6.07) is 6.26. The number of carbonyl (C=O) groups is 1. The summed E-state index contributed by atoms with van der Waals surface area (Å²) < 4.78 is 32.6. The molecule has 0 amide bonds. The number of rotatable bonds is 2. The van der Waals surface area contributed by atoms with Crippen LogP contribution < -0.4 is 4.74 Å². The van der Waals surface area contributed by atoms with Crippen LogP contribution in [0.25, 0.3) is 0 Å². The lowest BCUT2D eigenvalue weighted by Crippen LogP contribution is -2.05. The Morgan fingerprint density at radius 3 is 2.50 bits per heavy atom. The van der Waals surface area contributed by atoms with Crippen molar-refractivity contribution in [2.45, 2.75) is 6.42 Å². The maximum atomic E-state index is 13.2. The summed E-state index contributed by atoms with van der Waals surface area (Å²) in [7, 11) is 0. The number of hydrogen-bond donors (Lipinski definition) is 0. The number of ketones is 1. The second kappa shape index (κ2) is 4.98. The van der Waals surface area contributed by atoms with Crippen LogP contribution in [0, 0.1) is 11.6 Å². The number of fused-ring (bicyclic) bond motifs is 1. The molecular formula is C15H9BrF2O2. The van der Waals surface area contributed by atoms with Crippen LogP contribution in [-0.4, -0.2) is 12.4 Å². The second-order valence-electron chi connectivity index (χ2n) is 4.53. The van der Waals surface area contributed by atoms with Gasteiger partial charge in [-0.3, -0.25) is 4.79 Å². The minimum absolute atomic E-state index is 0.0294. The highest BCUT2D eigenvalue weighted by atomic mass is 79.9. The van der Waals surface area contributed by atoms with E-state index in [0.29, 0.717) is 24.3 Å². The van der Waals surface area contributed by atoms with Gasteiger partial charge in [0, 0.05) is 22.5 Å². The fraction of sp³-hybridized carbons (Fsp3) is 0.133. The number of halogens is 3. The van der Waals surface area contributed by atoms with Crippen molar-refractivity contribution >= 4 is 21.7 Å². The molecule has 1 aliphatic rings. The highest BCUT2D eigenvalue weighted by Crippen LogP contribution is 2.34. The molecule has 1 aliphatic heterocycles. The topological polar surface area (TPSA) is 26.3 Å². The first-order valence-corrected chi connectivity index (χ1v) is 6.80. The van der Waals surface area contributed by atoms with Gasteiger partial charge in [-0.1, -0.05) is 15.9 Å². The van der Waals surface area contributed by atoms with E-state index >= 15 is 0 Å². The van der Waals surface area contributed by atoms with Gasteiger partial charge in [-0.2, -0.15) is 0 Å². The minimum Gasteiger partial charge on any atom is -0.492 e. The average Bonchev–Trinajstić information content (AvgIpc) is 2.83. The van der Waals surface area contributed by atoms with E-state index in [0.717, 1.165) is 28.2 Å². The largest absolute Gasteiger partial charge is 0.492 e. The first-order chi connectivity index (χ1) is 9.54. The third-order valence-corrected chi connectivity index (χ3v) is 3.58. The van der Waals surface area contributed by atoms with Gasteiger partial charge in [0.05, 0.1) is 12.2 Å². The SMILES string of the molecule is O=C(c1cc(F)cc(F)c1)c1cc(Br)cc2c1OCC2. The van der Waals surface area contributed by atoms with Gasteiger partial charge in [-0.15, -0.1) is 0 Å². The molecule has 3 rings (SSSR count). The molecule has 0 spiro atoms. The van der Waals surface area contributed by atoms with Gasteiger partial charge < -0.3 is 4.74 Å². The van der Waals surface area contributed by atoms with Crippen LogP contribution in [0.2, 0.25) is 0 Å². The fourth-order valence-electron chi connectivity index (χ4n) is 2.28. The van der Waals surface area contributed by atoms with E-state index in [1.165, 1.54) is 0 Å². The van der Waals surface area contributed by atoms with Gasteiger partial charge in [0.1, 0.15) is 17.4 Å². The zero-order chi connectivity index (χ0) is 14.3. The lowest BCUT2D eigenvalue weighted by atomic mass is 9.99. The van der Waals surface area contributed by atoms with E-state index in [1.807, 2.05) is 6.07 Å². The molecular weight excluding hydrogens is 330 g/mol. The summed E-state index contributed by atoms with van der Waals surface area (Å²) in [5.41, 5.74) is 1.20. The zero-order valence-corrected chi connectivity index (χ0v) is 11.8. The molecule has 1 heterocycles. The van der Waals surface area contributed by atoms with Gasteiger partial charge in [-0.25, -0.2) is 8.78 Å². The van der Waals surface area contributed by atoms with E-state index in [9.17, 15) is 13.6 Å². The molecule has 0 radical (unpaired) electrons. The summed E-state index contributed by atoms with van der Waals surface area (Å²) in [5, 5.41) is 0. The molecule has 2 aromatic rings. The number of carbonyl (C=O) groups excluding carboxylic acids is 1. The molecule has 0 saturated heterocycles. The van der Waals surface area contributed by atoms with Gasteiger partial charge in [0.25, 0.3) is 0 Å². The molecule has 0 aliphatic carbocycles. The Hall–Kier alpha value is -1.75. The predicted molar refractivity (Wildman–Crippen MR) is 73.1 cm³/mol.